The van der Waals surface area contributed by atoms with E-state index in [1.165, 1.54) is 12.8 Å². The van der Waals surface area contributed by atoms with Crippen molar-refractivity contribution in [3.63, 3.8) is 0 Å². The number of rotatable bonds is 1. The van der Waals surface area contributed by atoms with Crippen LogP contribution in [0.3, 0.4) is 0 Å². The predicted molar refractivity (Wildman–Crippen MR) is 60.6 cm³/mol. The SMILES string of the molecule is CC(C)(C)C(=O)N1CCN(C2CC2)CC1. The summed E-state index contributed by atoms with van der Waals surface area (Å²) in [7, 11) is 0. The predicted octanol–water partition coefficient (Wildman–Crippen LogP) is 1.34. The summed E-state index contributed by atoms with van der Waals surface area (Å²) in [6, 6.07) is 0.844. The van der Waals surface area contributed by atoms with Crippen LogP contribution in [-0.4, -0.2) is 47.9 Å². The van der Waals surface area contributed by atoms with Crippen LogP contribution in [-0.2, 0) is 4.79 Å². The summed E-state index contributed by atoms with van der Waals surface area (Å²) in [5, 5.41) is 0. The maximum absolute atomic E-state index is 12.0. The van der Waals surface area contributed by atoms with Gasteiger partial charge in [0.05, 0.1) is 0 Å². The Morgan fingerprint density at radius 1 is 1.07 bits per heavy atom. The van der Waals surface area contributed by atoms with Crippen molar-refractivity contribution in [3.05, 3.63) is 0 Å². The Balaban J connectivity index is 1.84. The molecule has 0 unspecified atom stereocenters. The first-order valence-corrected chi connectivity index (χ1v) is 6.02. The molecule has 0 atom stereocenters. The van der Waals surface area contributed by atoms with E-state index in [-0.39, 0.29) is 5.41 Å². The summed E-state index contributed by atoms with van der Waals surface area (Å²) in [6.45, 7) is 10.0. The highest BCUT2D eigenvalue weighted by Gasteiger charge is 2.34. The van der Waals surface area contributed by atoms with E-state index in [0.29, 0.717) is 5.91 Å². The van der Waals surface area contributed by atoms with Crippen LogP contribution in [0.15, 0.2) is 0 Å². The van der Waals surface area contributed by atoms with Gasteiger partial charge in [-0.15, -0.1) is 0 Å². The lowest BCUT2D eigenvalue weighted by Gasteiger charge is -2.37. The van der Waals surface area contributed by atoms with Gasteiger partial charge in [0.2, 0.25) is 5.91 Å². The lowest BCUT2D eigenvalue weighted by atomic mass is 9.94. The third-order valence-electron chi connectivity index (χ3n) is 3.31. The highest BCUT2D eigenvalue weighted by atomic mass is 16.2. The fourth-order valence-corrected chi connectivity index (χ4v) is 2.20. The Morgan fingerprint density at radius 2 is 1.60 bits per heavy atom. The zero-order valence-electron chi connectivity index (χ0n) is 10.1. The fourth-order valence-electron chi connectivity index (χ4n) is 2.20. The van der Waals surface area contributed by atoms with Crippen molar-refractivity contribution in [2.45, 2.75) is 39.7 Å². The average Bonchev–Trinajstić information content (AvgIpc) is 2.99. The Labute approximate surface area is 92.4 Å². The number of carbonyl (C=O) groups is 1. The van der Waals surface area contributed by atoms with E-state index < -0.39 is 0 Å². The summed E-state index contributed by atoms with van der Waals surface area (Å²) in [5.41, 5.74) is -0.220. The summed E-state index contributed by atoms with van der Waals surface area (Å²) >= 11 is 0. The molecule has 2 fully saturated rings. The molecule has 0 N–H and O–H groups in total. The van der Waals surface area contributed by atoms with Crippen LogP contribution in [0.4, 0.5) is 0 Å². The van der Waals surface area contributed by atoms with Gasteiger partial charge in [-0.3, -0.25) is 9.69 Å². The largest absolute Gasteiger partial charge is 0.340 e. The van der Waals surface area contributed by atoms with Gasteiger partial charge in [-0.05, 0) is 12.8 Å². The zero-order chi connectivity index (χ0) is 11.1. The van der Waals surface area contributed by atoms with Gasteiger partial charge in [-0.1, -0.05) is 20.8 Å². The molecule has 1 heterocycles. The standard InChI is InChI=1S/C12H22N2O/c1-12(2,3)11(15)14-8-6-13(7-9-14)10-4-5-10/h10H,4-9H2,1-3H3. The van der Waals surface area contributed by atoms with E-state index in [1.54, 1.807) is 0 Å². The Morgan fingerprint density at radius 3 is 2.00 bits per heavy atom. The quantitative estimate of drug-likeness (QED) is 0.652. The first kappa shape index (κ1) is 10.9. The molecule has 0 aromatic rings. The summed E-state index contributed by atoms with van der Waals surface area (Å²) < 4.78 is 0. The second kappa shape index (κ2) is 3.78. The molecule has 86 valence electrons. The molecule has 2 rings (SSSR count). The van der Waals surface area contributed by atoms with E-state index in [4.69, 9.17) is 0 Å². The van der Waals surface area contributed by atoms with Crippen molar-refractivity contribution in [1.82, 2.24) is 9.80 Å². The highest BCUT2D eigenvalue weighted by Crippen LogP contribution is 2.28. The van der Waals surface area contributed by atoms with Crippen molar-refractivity contribution in [3.8, 4) is 0 Å². The van der Waals surface area contributed by atoms with Crippen LogP contribution in [0, 0.1) is 5.41 Å². The lowest BCUT2D eigenvalue weighted by molar-refractivity contribution is -0.141. The van der Waals surface area contributed by atoms with Crippen LogP contribution >= 0.6 is 0 Å². The molecule has 0 radical (unpaired) electrons. The van der Waals surface area contributed by atoms with Gasteiger partial charge < -0.3 is 4.90 Å². The van der Waals surface area contributed by atoms with Crippen LogP contribution in [0.25, 0.3) is 0 Å². The van der Waals surface area contributed by atoms with Gasteiger partial charge in [0, 0.05) is 37.6 Å². The first-order valence-electron chi connectivity index (χ1n) is 6.02. The smallest absolute Gasteiger partial charge is 0.228 e. The normalized spacial score (nSPS) is 24.3. The van der Waals surface area contributed by atoms with Crippen molar-refractivity contribution in [2.24, 2.45) is 5.41 Å². The van der Waals surface area contributed by atoms with Gasteiger partial charge >= 0.3 is 0 Å². The minimum Gasteiger partial charge on any atom is -0.340 e. The molecular weight excluding hydrogens is 188 g/mol. The number of amides is 1. The van der Waals surface area contributed by atoms with Crippen molar-refractivity contribution >= 4 is 5.91 Å². The van der Waals surface area contributed by atoms with E-state index >= 15 is 0 Å². The molecule has 1 aliphatic carbocycles. The number of carbonyl (C=O) groups excluding carboxylic acids is 1. The molecule has 2 aliphatic rings. The van der Waals surface area contributed by atoms with Crippen molar-refractivity contribution in [1.29, 1.82) is 0 Å². The van der Waals surface area contributed by atoms with Crippen LogP contribution in [0.1, 0.15) is 33.6 Å². The number of hydrogen-bond acceptors (Lipinski definition) is 2. The maximum Gasteiger partial charge on any atom is 0.228 e. The van der Waals surface area contributed by atoms with Crippen molar-refractivity contribution < 1.29 is 4.79 Å². The fraction of sp³-hybridized carbons (Fsp3) is 0.917. The highest BCUT2D eigenvalue weighted by molar-refractivity contribution is 5.81. The molecule has 1 aliphatic heterocycles. The second-order valence-corrected chi connectivity index (χ2v) is 5.81. The number of nitrogens with zero attached hydrogens (tertiary/aromatic N) is 2. The Bertz CT molecular complexity index is 245. The maximum atomic E-state index is 12.0. The number of hydrogen-bond donors (Lipinski definition) is 0. The Kier molecular flexibility index (Phi) is 2.75. The van der Waals surface area contributed by atoms with Gasteiger partial charge in [-0.25, -0.2) is 0 Å². The summed E-state index contributed by atoms with van der Waals surface area (Å²) in [4.78, 5) is 16.6. The van der Waals surface area contributed by atoms with E-state index in [0.717, 1.165) is 32.2 Å². The van der Waals surface area contributed by atoms with Gasteiger partial charge in [0.15, 0.2) is 0 Å². The molecule has 15 heavy (non-hydrogen) atoms. The van der Waals surface area contributed by atoms with Crippen LogP contribution < -0.4 is 0 Å². The Hall–Kier alpha value is -0.570. The molecule has 0 aromatic heterocycles. The molecule has 0 bridgehead atoms. The monoisotopic (exact) mass is 210 g/mol. The molecular formula is C12H22N2O. The van der Waals surface area contributed by atoms with Gasteiger partial charge in [0.1, 0.15) is 0 Å². The lowest BCUT2D eigenvalue weighted by Crippen LogP contribution is -2.52. The third-order valence-corrected chi connectivity index (χ3v) is 3.31. The molecule has 1 saturated carbocycles. The van der Waals surface area contributed by atoms with Gasteiger partial charge in [0.25, 0.3) is 0 Å². The van der Waals surface area contributed by atoms with E-state index in [1.807, 2.05) is 25.7 Å². The molecule has 0 spiro atoms. The van der Waals surface area contributed by atoms with E-state index in [2.05, 4.69) is 4.90 Å². The molecule has 3 heteroatoms. The van der Waals surface area contributed by atoms with Gasteiger partial charge in [-0.2, -0.15) is 0 Å². The minimum atomic E-state index is -0.220. The topological polar surface area (TPSA) is 23.6 Å². The first-order chi connectivity index (χ1) is 6.98. The molecule has 1 saturated heterocycles. The van der Waals surface area contributed by atoms with Crippen LogP contribution in [0.5, 0.6) is 0 Å². The summed E-state index contributed by atoms with van der Waals surface area (Å²) in [6.07, 6.45) is 2.74. The average molecular weight is 210 g/mol. The van der Waals surface area contributed by atoms with Crippen LogP contribution in [0.2, 0.25) is 0 Å². The molecule has 3 nitrogen and oxygen atoms in total. The van der Waals surface area contributed by atoms with Crippen molar-refractivity contribution in [2.75, 3.05) is 26.2 Å². The molecule has 1 amide bonds. The molecule has 0 aromatic carbocycles. The second-order valence-electron chi connectivity index (χ2n) is 5.81. The summed E-state index contributed by atoms with van der Waals surface area (Å²) in [5.74, 6) is 0.304. The van der Waals surface area contributed by atoms with E-state index in [9.17, 15) is 4.79 Å². The minimum absolute atomic E-state index is 0.220. The zero-order valence-corrected chi connectivity index (χ0v) is 10.1. The number of piperazine rings is 1. The third kappa shape index (κ3) is 2.51.